The number of nitrogens with one attached hydrogen (secondary N) is 1. The lowest BCUT2D eigenvalue weighted by Crippen LogP contribution is -2.47. The average molecular weight is 306 g/mol. The Kier molecular flexibility index (Phi) is 4.74. The number of likely N-dealkylation sites (tertiary alicyclic amines) is 1. The quantitative estimate of drug-likeness (QED) is 0.896. The zero-order valence-corrected chi connectivity index (χ0v) is 12.7. The topological polar surface area (TPSA) is 52.6 Å². The summed E-state index contributed by atoms with van der Waals surface area (Å²) in [5.41, 5.74) is 0.753. The minimum Gasteiger partial charge on any atom is -0.388 e. The third-order valence-electron chi connectivity index (χ3n) is 4.87. The third-order valence-corrected chi connectivity index (χ3v) is 4.87. The first-order valence-electron chi connectivity index (χ1n) is 8.11. The van der Waals surface area contributed by atoms with Gasteiger partial charge >= 0.3 is 0 Å². The van der Waals surface area contributed by atoms with Gasteiger partial charge in [-0.1, -0.05) is 12.1 Å². The van der Waals surface area contributed by atoms with Crippen molar-refractivity contribution in [2.45, 2.75) is 37.8 Å². The maximum Gasteiger partial charge on any atom is 0.239 e. The summed E-state index contributed by atoms with van der Waals surface area (Å²) in [5, 5.41) is 13.7. The summed E-state index contributed by atoms with van der Waals surface area (Å²) in [6, 6.07) is 6.02. The van der Waals surface area contributed by atoms with Crippen molar-refractivity contribution in [3.8, 4) is 0 Å². The van der Waals surface area contributed by atoms with Crippen molar-refractivity contribution in [3.63, 3.8) is 0 Å². The number of aliphatic hydroxyl groups excluding tert-OH is 1. The Bertz CT molecular complexity index is 506. The molecule has 1 aromatic carbocycles. The third kappa shape index (κ3) is 3.31. The summed E-state index contributed by atoms with van der Waals surface area (Å²) in [7, 11) is 0. The molecule has 5 heteroatoms. The summed E-state index contributed by atoms with van der Waals surface area (Å²) in [6.45, 7) is 2.32. The van der Waals surface area contributed by atoms with Crippen molar-refractivity contribution in [1.82, 2.24) is 10.2 Å². The number of halogens is 1. The predicted octanol–water partition coefficient (Wildman–Crippen LogP) is 1.85. The van der Waals surface area contributed by atoms with Gasteiger partial charge in [-0.25, -0.2) is 4.39 Å². The second-order valence-electron chi connectivity index (χ2n) is 6.31. The first-order chi connectivity index (χ1) is 10.6. The Morgan fingerprint density at radius 3 is 2.50 bits per heavy atom. The zero-order chi connectivity index (χ0) is 15.5. The molecule has 2 atom stereocenters. The van der Waals surface area contributed by atoms with Gasteiger partial charge in [0.25, 0.3) is 0 Å². The SMILES string of the molecule is O=C(C1CCCN1)N1CCC(C(O)c2ccc(F)cc2)CC1. The molecule has 0 radical (unpaired) electrons. The van der Waals surface area contributed by atoms with E-state index in [1.165, 1.54) is 12.1 Å². The van der Waals surface area contributed by atoms with Crippen LogP contribution in [0, 0.1) is 11.7 Å². The number of carbonyl (C=O) groups is 1. The van der Waals surface area contributed by atoms with Gasteiger partial charge in [0, 0.05) is 13.1 Å². The van der Waals surface area contributed by atoms with E-state index in [1.807, 2.05) is 4.90 Å². The fraction of sp³-hybridized carbons (Fsp3) is 0.588. The minimum absolute atomic E-state index is 0.0152. The lowest BCUT2D eigenvalue weighted by atomic mass is 9.87. The highest BCUT2D eigenvalue weighted by molar-refractivity contribution is 5.82. The molecule has 4 nitrogen and oxygen atoms in total. The lowest BCUT2D eigenvalue weighted by Gasteiger charge is -2.35. The number of rotatable bonds is 3. The van der Waals surface area contributed by atoms with Gasteiger partial charge in [-0.05, 0) is 55.8 Å². The standard InChI is InChI=1S/C17H23FN2O2/c18-14-5-3-12(4-6-14)16(21)13-7-10-20(11-8-13)17(22)15-2-1-9-19-15/h3-6,13,15-16,19,21H,1-2,7-11H2. The molecular weight excluding hydrogens is 283 g/mol. The average Bonchev–Trinajstić information content (AvgIpc) is 3.09. The molecule has 2 unspecified atom stereocenters. The second-order valence-corrected chi connectivity index (χ2v) is 6.31. The number of benzene rings is 1. The first-order valence-corrected chi connectivity index (χ1v) is 8.11. The summed E-state index contributed by atoms with van der Waals surface area (Å²) in [6.07, 6.45) is 2.99. The molecule has 120 valence electrons. The maximum atomic E-state index is 12.9. The molecule has 2 fully saturated rings. The van der Waals surface area contributed by atoms with Gasteiger partial charge in [0.1, 0.15) is 5.82 Å². The van der Waals surface area contributed by atoms with Gasteiger partial charge in [-0.3, -0.25) is 4.79 Å². The smallest absolute Gasteiger partial charge is 0.239 e. The van der Waals surface area contributed by atoms with Crippen molar-refractivity contribution in [2.24, 2.45) is 5.92 Å². The fourth-order valence-electron chi connectivity index (χ4n) is 3.48. The van der Waals surface area contributed by atoms with Gasteiger partial charge in [0.05, 0.1) is 12.1 Å². The van der Waals surface area contributed by atoms with Crippen LogP contribution >= 0.6 is 0 Å². The molecular formula is C17H23FN2O2. The van der Waals surface area contributed by atoms with E-state index < -0.39 is 6.10 Å². The van der Waals surface area contributed by atoms with Crippen LogP contribution in [0.5, 0.6) is 0 Å². The van der Waals surface area contributed by atoms with E-state index >= 15 is 0 Å². The summed E-state index contributed by atoms with van der Waals surface area (Å²) in [4.78, 5) is 14.3. The van der Waals surface area contributed by atoms with Crippen LogP contribution in [0.1, 0.15) is 37.4 Å². The molecule has 1 amide bonds. The van der Waals surface area contributed by atoms with E-state index in [-0.39, 0.29) is 23.7 Å². The number of aliphatic hydroxyl groups is 1. The van der Waals surface area contributed by atoms with E-state index in [0.717, 1.165) is 37.8 Å². The summed E-state index contributed by atoms with van der Waals surface area (Å²) in [5.74, 6) is 0.0405. The molecule has 2 saturated heterocycles. The van der Waals surface area contributed by atoms with Crippen LogP contribution in [-0.2, 0) is 4.79 Å². The highest BCUT2D eigenvalue weighted by Crippen LogP contribution is 2.31. The molecule has 2 aliphatic heterocycles. The molecule has 2 N–H and O–H groups in total. The Morgan fingerprint density at radius 1 is 1.23 bits per heavy atom. The lowest BCUT2D eigenvalue weighted by molar-refractivity contribution is -0.135. The van der Waals surface area contributed by atoms with Crippen LogP contribution in [0.3, 0.4) is 0 Å². The van der Waals surface area contributed by atoms with Crippen molar-refractivity contribution in [3.05, 3.63) is 35.6 Å². The Labute approximate surface area is 130 Å². The van der Waals surface area contributed by atoms with Crippen molar-refractivity contribution in [1.29, 1.82) is 0 Å². The number of nitrogens with zero attached hydrogens (tertiary/aromatic N) is 1. The Morgan fingerprint density at radius 2 is 1.91 bits per heavy atom. The zero-order valence-electron chi connectivity index (χ0n) is 12.7. The summed E-state index contributed by atoms with van der Waals surface area (Å²) >= 11 is 0. The van der Waals surface area contributed by atoms with Crippen LogP contribution in [0.2, 0.25) is 0 Å². The molecule has 3 rings (SSSR count). The van der Waals surface area contributed by atoms with Gasteiger partial charge < -0.3 is 15.3 Å². The van der Waals surface area contributed by atoms with Crippen LogP contribution < -0.4 is 5.32 Å². The molecule has 0 aliphatic carbocycles. The molecule has 0 saturated carbocycles. The van der Waals surface area contributed by atoms with Gasteiger partial charge in [0.15, 0.2) is 0 Å². The number of hydrogen-bond donors (Lipinski definition) is 2. The fourth-order valence-corrected chi connectivity index (χ4v) is 3.48. The van der Waals surface area contributed by atoms with Crippen molar-refractivity contribution < 1.29 is 14.3 Å². The number of carbonyl (C=O) groups excluding carboxylic acids is 1. The number of piperidine rings is 1. The van der Waals surface area contributed by atoms with E-state index in [2.05, 4.69) is 5.32 Å². The summed E-state index contributed by atoms with van der Waals surface area (Å²) < 4.78 is 12.9. The van der Waals surface area contributed by atoms with Gasteiger partial charge in [-0.15, -0.1) is 0 Å². The van der Waals surface area contributed by atoms with Crippen LogP contribution in [-0.4, -0.2) is 41.6 Å². The Balaban J connectivity index is 1.54. The van der Waals surface area contributed by atoms with E-state index in [4.69, 9.17) is 0 Å². The van der Waals surface area contributed by atoms with Crippen LogP contribution in [0.4, 0.5) is 4.39 Å². The molecule has 0 spiro atoms. The van der Waals surface area contributed by atoms with Crippen LogP contribution in [0.25, 0.3) is 0 Å². The first kappa shape index (κ1) is 15.4. The van der Waals surface area contributed by atoms with E-state index in [0.29, 0.717) is 13.1 Å². The largest absolute Gasteiger partial charge is 0.388 e. The minimum atomic E-state index is -0.581. The number of amides is 1. The Hall–Kier alpha value is -1.46. The second kappa shape index (κ2) is 6.75. The highest BCUT2D eigenvalue weighted by atomic mass is 19.1. The van der Waals surface area contributed by atoms with E-state index in [1.54, 1.807) is 12.1 Å². The maximum absolute atomic E-state index is 12.9. The number of hydrogen-bond acceptors (Lipinski definition) is 3. The molecule has 0 bridgehead atoms. The van der Waals surface area contributed by atoms with Gasteiger partial charge in [0.2, 0.25) is 5.91 Å². The molecule has 2 heterocycles. The molecule has 0 aromatic heterocycles. The van der Waals surface area contributed by atoms with Crippen molar-refractivity contribution >= 4 is 5.91 Å². The molecule has 2 aliphatic rings. The van der Waals surface area contributed by atoms with Gasteiger partial charge in [-0.2, -0.15) is 0 Å². The normalized spacial score (nSPS) is 24.5. The van der Waals surface area contributed by atoms with E-state index in [9.17, 15) is 14.3 Å². The van der Waals surface area contributed by atoms with Crippen LogP contribution in [0.15, 0.2) is 24.3 Å². The highest BCUT2D eigenvalue weighted by Gasteiger charge is 2.32. The molecule has 22 heavy (non-hydrogen) atoms. The monoisotopic (exact) mass is 306 g/mol. The molecule has 1 aromatic rings. The predicted molar refractivity (Wildman–Crippen MR) is 81.7 cm³/mol. The van der Waals surface area contributed by atoms with Crippen molar-refractivity contribution in [2.75, 3.05) is 19.6 Å².